The van der Waals surface area contributed by atoms with Gasteiger partial charge in [-0.3, -0.25) is 4.68 Å². The van der Waals surface area contributed by atoms with Crippen LogP contribution in [0.15, 0.2) is 60.9 Å². The zero-order valence-electron chi connectivity index (χ0n) is 14.3. The number of thiocarbonyl (C=S) groups is 1. The lowest BCUT2D eigenvalue weighted by Gasteiger charge is -2.13. The molecule has 0 fully saturated rings. The van der Waals surface area contributed by atoms with Gasteiger partial charge in [-0.15, -0.1) is 0 Å². The molecule has 0 unspecified atom stereocenters. The molecule has 0 saturated heterocycles. The quantitative estimate of drug-likeness (QED) is 0.635. The van der Waals surface area contributed by atoms with Crippen LogP contribution in [-0.4, -0.2) is 21.5 Å². The Morgan fingerprint density at radius 2 is 1.92 bits per heavy atom. The van der Waals surface area contributed by atoms with Crippen molar-refractivity contribution in [3.63, 3.8) is 0 Å². The largest absolute Gasteiger partial charge is 0.492 e. The molecule has 0 aliphatic carbocycles. The van der Waals surface area contributed by atoms with E-state index in [1.165, 1.54) is 12.1 Å². The Bertz CT molecular complexity index is 879. The fraction of sp³-hybridized carbons (Fsp3) is 0.158. The van der Waals surface area contributed by atoms with E-state index in [9.17, 15) is 4.39 Å². The van der Waals surface area contributed by atoms with Crippen molar-refractivity contribution in [3.8, 4) is 5.75 Å². The van der Waals surface area contributed by atoms with Gasteiger partial charge in [0.05, 0.1) is 30.7 Å². The summed E-state index contributed by atoms with van der Waals surface area (Å²) < 4.78 is 20.3. The fourth-order valence-electron chi connectivity index (χ4n) is 2.43. The van der Waals surface area contributed by atoms with Crippen molar-refractivity contribution in [2.45, 2.75) is 13.5 Å². The van der Waals surface area contributed by atoms with Crippen LogP contribution in [0, 0.1) is 5.82 Å². The van der Waals surface area contributed by atoms with Crippen LogP contribution < -0.4 is 15.4 Å². The number of nitrogens with one attached hydrogen (secondary N) is 2. The molecule has 1 aromatic heterocycles. The SMILES string of the molecule is CCOc1ccccc1NC(=S)Nc1cnn(Cc2ccc(F)cc2)c1. The summed E-state index contributed by atoms with van der Waals surface area (Å²) in [6.07, 6.45) is 3.53. The van der Waals surface area contributed by atoms with Crippen LogP contribution in [0.2, 0.25) is 0 Å². The molecule has 0 spiro atoms. The molecule has 0 radical (unpaired) electrons. The molecule has 26 heavy (non-hydrogen) atoms. The predicted octanol–water partition coefficient (Wildman–Crippen LogP) is 4.28. The van der Waals surface area contributed by atoms with Gasteiger partial charge in [-0.2, -0.15) is 5.10 Å². The number of benzene rings is 2. The van der Waals surface area contributed by atoms with Crippen LogP contribution in [0.1, 0.15) is 12.5 Å². The van der Waals surface area contributed by atoms with E-state index in [0.29, 0.717) is 18.3 Å². The first-order valence-corrected chi connectivity index (χ1v) is 8.61. The van der Waals surface area contributed by atoms with Crippen LogP contribution in [0.25, 0.3) is 0 Å². The van der Waals surface area contributed by atoms with Gasteiger partial charge in [0, 0.05) is 6.20 Å². The Morgan fingerprint density at radius 3 is 2.69 bits per heavy atom. The number of rotatable bonds is 6. The average molecular weight is 370 g/mol. The summed E-state index contributed by atoms with van der Waals surface area (Å²) in [5, 5.41) is 11.0. The number of aromatic nitrogens is 2. The maximum atomic E-state index is 13.0. The molecule has 1 heterocycles. The van der Waals surface area contributed by atoms with Crippen LogP contribution in [0.5, 0.6) is 5.75 Å². The standard InChI is InChI=1S/C19H19FN4OS/c1-2-25-18-6-4-3-5-17(18)23-19(26)22-16-11-21-24(13-16)12-14-7-9-15(20)10-8-14/h3-11,13H,2,12H2,1H3,(H2,22,23,26). The van der Waals surface area contributed by atoms with Crippen molar-refractivity contribution >= 4 is 28.7 Å². The van der Waals surface area contributed by atoms with E-state index in [1.54, 1.807) is 23.0 Å². The number of para-hydroxylation sites is 2. The Hall–Kier alpha value is -2.93. The van der Waals surface area contributed by atoms with Gasteiger partial charge in [0.2, 0.25) is 0 Å². The van der Waals surface area contributed by atoms with Gasteiger partial charge in [0.15, 0.2) is 5.11 Å². The smallest absolute Gasteiger partial charge is 0.175 e. The summed E-state index contributed by atoms with van der Waals surface area (Å²) in [5.41, 5.74) is 2.52. The monoisotopic (exact) mass is 370 g/mol. The van der Waals surface area contributed by atoms with E-state index >= 15 is 0 Å². The molecule has 2 aromatic carbocycles. The maximum absolute atomic E-state index is 13.0. The number of hydrogen-bond acceptors (Lipinski definition) is 3. The van der Waals surface area contributed by atoms with Gasteiger partial charge in [-0.05, 0) is 49.0 Å². The van der Waals surface area contributed by atoms with E-state index in [1.807, 2.05) is 37.4 Å². The first-order chi connectivity index (χ1) is 12.6. The second kappa shape index (κ2) is 8.44. The van der Waals surface area contributed by atoms with Crippen LogP contribution >= 0.6 is 12.2 Å². The summed E-state index contributed by atoms with van der Waals surface area (Å²) >= 11 is 5.36. The van der Waals surface area contributed by atoms with Crippen LogP contribution in [-0.2, 0) is 6.54 Å². The minimum Gasteiger partial charge on any atom is -0.492 e. The summed E-state index contributed by atoms with van der Waals surface area (Å²) in [4.78, 5) is 0. The van der Waals surface area contributed by atoms with Gasteiger partial charge in [0.1, 0.15) is 11.6 Å². The van der Waals surface area contributed by atoms with Crippen LogP contribution in [0.4, 0.5) is 15.8 Å². The Kier molecular flexibility index (Phi) is 5.80. The Balaban J connectivity index is 1.60. The second-order valence-corrected chi connectivity index (χ2v) is 5.97. The van der Waals surface area contributed by atoms with Gasteiger partial charge < -0.3 is 15.4 Å². The predicted molar refractivity (Wildman–Crippen MR) is 105 cm³/mol. The first-order valence-electron chi connectivity index (χ1n) is 8.21. The van der Waals surface area contributed by atoms with Crippen molar-refractivity contribution in [2.24, 2.45) is 0 Å². The van der Waals surface area contributed by atoms with E-state index in [-0.39, 0.29) is 5.82 Å². The highest BCUT2D eigenvalue weighted by atomic mass is 32.1. The zero-order valence-corrected chi connectivity index (χ0v) is 15.1. The summed E-state index contributed by atoms with van der Waals surface area (Å²) in [6.45, 7) is 3.06. The molecular weight excluding hydrogens is 351 g/mol. The summed E-state index contributed by atoms with van der Waals surface area (Å²) in [6, 6.07) is 14.0. The molecule has 7 heteroatoms. The topological polar surface area (TPSA) is 51.1 Å². The van der Waals surface area contributed by atoms with Crippen molar-refractivity contribution in [1.29, 1.82) is 0 Å². The summed E-state index contributed by atoms with van der Waals surface area (Å²) in [7, 11) is 0. The third-order valence-corrected chi connectivity index (χ3v) is 3.79. The molecule has 3 rings (SSSR count). The Morgan fingerprint density at radius 1 is 1.15 bits per heavy atom. The molecule has 0 bridgehead atoms. The van der Waals surface area contributed by atoms with Gasteiger partial charge in [-0.1, -0.05) is 24.3 Å². The minimum atomic E-state index is -0.250. The van der Waals surface area contributed by atoms with E-state index in [4.69, 9.17) is 17.0 Å². The van der Waals surface area contributed by atoms with Crippen molar-refractivity contribution in [1.82, 2.24) is 9.78 Å². The Labute approximate surface area is 156 Å². The van der Waals surface area contributed by atoms with Crippen LogP contribution in [0.3, 0.4) is 0 Å². The molecule has 0 atom stereocenters. The molecule has 134 valence electrons. The minimum absolute atomic E-state index is 0.250. The fourth-order valence-corrected chi connectivity index (χ4v) is 2.66. The number of hydrogen-bond donors (Lipinski definition) is 2. The lowest BCUT2D eigenvalue weighted by Crippen LogP contribution is -2.19. The molecule has 0 aliphatic heterocycles. The van der Waals surface area contributed by atoms with Crippen molar-refractivity contribution in [2.75, 3.05) is 17.2 Å². The highest BCUT2D eigenvalue weighted by Crippen LogP contribution is 2.23. The molecule has 0 saturated carbocycles. The first kappa shape index (κ1) is 17.9. The molecule has 0 aliphatic rings. The van der Waals surface area contributed by atoms with Gasteiger partial charge >= 0.3 is 0 Å². The van der Waals surface area contributed by atoms with E-state index in [0.717, 1.165) is 22.7 Å². The highest BCUT2D eigenvalue weighted by Gasteiger charge is 2.06. The lowest BCUT2D eigenvalue weighted by molar-refractivity contribution is 0.342. The molecule has 0 amide bonds. The van der Waals surface area contributed by atoms with E-state index < -0.39 is 0 Å². The summed E-state index contributed by atoms with van der Waals surface area (Å²) in [5.74, 6) is 0.492. The van der Waals surface area contributed by atoms with Crippen molar-refractivity contribution in [3.05, 3.63) is 72.3 Å². The number of anilines is 2. The number of halogens is 1. The number of ether oxygens (including phenoxy) is 1. The third kappa shape index (κ3) is 4.80. The molecular formula is C19H19FN4OS. The molecule has 2 N–H and O–H groups in total. The molecule has 3 aromatic rings. The van der Waals surface area contributed by atoms with Gasteiger partial charge in [-0.25, -0.2) is 4.39 Å². The maximum Gasteiger partial charge on any atom is 0.175 e. The average Bonchev–Trinajstić information content (AvgIpc) is 3.05. The van der Waals surface area contributed by atoms with Gasteiger partial charge in [0.25, 0.3) is 0 Å². The van der Waals surface area contributed by atoms with E-state index in [2.05, 4.69) is 15.7 Å². The highest BCUT2D eigenvalue weighted by molar-refractivity contribution is 7.80. The molecule has 5 nitrogen and oxygen atoms in total. The number of nitrogens with zero attached hydrogens (tertiary/aromatic N) is 2. The van der Waals surface area contributed by atoms with Crippen molar-refractivity contribution < 1.29 is 9.13 Å². The lowest BCUT2D eigenvalue weighted by atomic mass is 10.2. The third-order valence-electron chi connectivity index (χ3n) is 3.58. The normalized spacial score (nSPS) is 10.4. The second-order valence-electron chi connectivity index (χ2n) is 5.56. The zero-order chi connectivity index (χ0) is 18.4.